The minimum Gasteiger partial charge on any atom is -0.347 e. The van der Waals surface area contributed by atoms with Crippen LogP contribution in [0.4, 0.5) is 0 Å². The number of nitrogens with one attached hydrogen (secondary N) is 2. The quantitative estimate of drug-likeness (QED) is 0.876. The van der Waals surface area contributed by atoms with E-state index >= 15 is 0 Å². The molecule has 0 bridgehead atoms. The van der Waals surface area contributed by atoms with Crippen LogP contribution in [0.5, 0.6) is 0 Å². The Morgan fingerprint density at radius 2 is 2.00 bits per heavy atom. The van der Waals surface area contributed by atoms with Crippen LogP contribution in [-0.4, -0.2) is 18.5 Å². The van der Waals surface area contributed by atoms with Crippen molar-refractivity contribution in [1.82, 2.24) is 10.6 Å². The Morgan fingerprint density at radius 1 is 1.32 bits per heavy atom. The molecule has 0 saturated carbocycles. The van der Waals surface area contributed by atoms with Crippen LogP contribution >= 0.6 is 0 Å². The van der Waals surface area contributed by atoms with Crippen LogP contribution in [0, 0.1) is 5.92 Å². The number of piperidine rings is 1. The van der Waals surface area contributed by atoms with Crippen molar-refractivity contribution >= 4 is 5.91 Å². The molecule has 0 aromatic heterocycles. The fourth-order valence-corrected chi connectivity index (χ4v) is 2.73. The van der Waals surface area contributed by atoms with E-state index in [1.165, 1.54) is 0 Å². The van der Waals surface area contributed by atoms with Crippen LogP contribution in [0.1, 0.15) is 39.2 Å². The molecule has 1 heterocycles. The zero-order valence-electron chi connectivity index (χ0n) is 12.1. The molecule has 1 amide bonds. The SMILES string of the molecule is CC1NCCCC1C(=O)NC(C)(C)c1ccccc1. The molecule has 1 aromatic rings. The molecular weight excluding hydrogens is 236 g/mol. The van der Waals surface area contributed by atoms with Gasteiger partial charge in [-0.2, -0.15) is 0 Å². The largest absolute Gasteiger partial charge is 0.347 e. The Morgan fingerprint density at radius 3 is 2.63 bits per heavy atom. The third-order valence-electron chi connectivity index (χ3n) is 4.03. The predicted molar refractivity (Wildman–Crippen MR) is 77.8 cm³/mol. The predicted octanol–water partition coefficient (Wildman–Crippen LogP) is 2.43. The van der Waals surface area contributed by atoms with Crippen molar-refractivity contribution in [2.45, 2.75) is 45.2 Å². The van der Waals surface area contributed by atoms with Gasteiger partial charge >= 0.3 is 0 Å². The highest BCUT2D eigenvalue weighted by atomic mass is 16.2. The summed E-state index contributed by atoms with van der Waals surface area (Å²) in [6.07, 6.45) is 2.05. The number of amides is 1. The van der Waals surface area contributed by atoms with E-state index in [0.29, 0.717) is 0 Å². The second kappa shape index (κ2) is 5.74. The first kappa shape index (κ1) is 14.1. The number of hydrogen-bond donors (Lipinski definition) is 2. The first-order chi connectivity index (χ1) is 9.00. The van der Waals surface area contributed by atoms with E-state index in [1.807, 2.05) is 18.2 Å². The van der Waals surface area contributed by atoms with Crippen LogP contribution in [0.25, 0.3) is 0 Å². The number of rotatable bonds is 3. The minimum atomic E-state index is -0.324. The van der Waals surface area contributed by atoms with Gasteiger partial charge in [-0.05, 0) is 45.7 Å². The zero-order chi connectivity index (χ0) is 13.9. The second-order valence-electron chi connectivity index (χ2n) is 5.97. The van der Waals surface area contributed by atoms with E-state index in [1.54, 1.807) is 0 Å². The molecule has 0 radical (unpaired) electrons. The highest BCUT2D eigenvalue weighted by Gasteiger charge is 2.31. The average Bonchev–Trinajstić information content (AvgIpc) is 2.39. The van der Waals surface area contributed by atoms with Crippen molar-refractivity contribution in [2.24, 2.45) is 5.92 Å². The van der Waals surface area contributed by atoms with Crippen molar-refractivity contribution in [3.8, 4) is 0 Å². The summed E-state index contributed by atoms with van der Waals surface area (Å²) < 4.78 is 0. The third-order valence-corrected chi connectivity index (χ3v) is 4.03. The number of benzene rings is 1. The lowest BCUT2D eigenvalue weighted by molar-refractivity contribution is -0.128. The summed E-state index contributed by atoms with van der Waals surface area (Å²) >= 11 is 0. The first-order valence-electron chi connectivity index (χ1n) is 7.11. The van der Waals surface area contributed by atoms with Gasteiger partial charge in [0.1, 0.15) is 0 Å². The highest BCUT2D eigenvalue weighted by Crippen LogP contribution is 2.23. The first-order valence-corrected chi connectivity index (χ1v) is 7.11. The van der Waals surface area contributed by atoms with E-state index in [0.717, 1.165) is 24.9 Å². The molecule has 3 nitrogen and oxygen atoms in total. The van der Waals surface area contributed by atoms with E-state index in [9.17, 15) is 4.79 Å². The lowest BCUT2D eigenvalue weighted by Crippen LogP contribution is -2.51. The molecule has 1 fully saturated rings. The van der Waals surface area contributed by atoms with Gasteiger partial charge in [0, 0.05) is 6.04 Å². The van der Waals surface area contributed by atoms with Gasteiger partial charge in [-0.3, -0.25) is 4.79 Å². The Kier molecular flexibility index (Phi) is 4.25. The molecule has 1 saturated heterocycles. The van der Waals surface area contributed by atoms with Gasteiger partial charge in [-0.1, -0.05) is 30.3 Å². The van der Waals surface area contributed by atoms with Gasteiger partial charge in [0.15, 0.2) is 0 Å². The Balaban J connectivity index is 2.05. The summed E-state index contributed by atoms with van der Waals surface area (Å²) in [5.41, 5.74) is 0.815. The van der Waals surface area contributed by atoms with Gasteiger partial charge in [0.2, 0.25) is 5.91 Å². The molecule has 1 aliphatic heterocycles. The number of hydrogen-bond acceptors (Lipinski definition) is 2. The smallest absolute Gasteiger partial charge is 0.225 e. The molecule has 19 heavy (non-hydrogen) atoms. The molecule has 2 N–H and O–H groups in total. The van der Waals surface area contributed by atoms with Gasteiger partial charge in [-0.25, -0.2) is 0 Å². The molecule has 2 unspecified atom stereocenters. The van der Waals surface area contributed by atoms with Crippen molar-refractivity contribution < 1.29 is 4.79 Å². The number of carbonyl (C=O) groups is 1. The average molecular weight is 260 g/mol. The van der Waals surface area contributed by atoms with Crippen LogP contribution in [0.2, 0.25) is 0 Å². The summed E-state index contributed by atoms with van der Waals surface area (Å²) in [6, 6.07) is 10.4. The van der Waals surface area contributed by atoms with Gasteiger partial charge in [0.25, 0.3) is 0 Å². The van der Waals surface area contributed by atoms with E-state index < -0.39 is 0 Å². The maximum Gasteiger partial charge on any atom is 0.225 e. The monoisotopic (exact) mass is 260 g/mol. The summed E-state index contributed by atoms with van der Waals surface area (Å²) in [6.45, 7) is 7.23. The van der Waals surface area contributed by atoms with Crippen molar-refractivity contribution in [3.05, 3.63) is 35.9 Å². The molecule has 2 rings (SSSR count). The van der Waals surface area contributed by atoms with E-state index in [2.05, 4.69) is 43.5 Å². The van der Waals surface area contributed by atoms with E-state index in [-0.39, 0.29) is 23.4 Å². The fourth-order valence-electron chi connectivity index (χ4n) is 2.73. The molecule has 1 aliphatic rings. The van der Waals surface area contributed by atoms with Crippen LogP contribution < -0.4 is 10.6 Å². The summed E-state index contributed by atoms with van der Waals surface area (Å²) in [5, 5.41) is 6.57. The molecule has 3 heteroatoms. The van der Waals surface area contributed by atoms with Gasteiger partial charge < -0.3 is 10.6 Å². The summed E-state index contributed by atoms with van der Waals surface area (Å²) in [4.78, 5) is 12.4. The fraction of sp³-hybridized carbons (Fsp3) is 0.562. The Hall–Kier alpha value is -1.35. The van der Waals surface area contributed by atoms with Crippen molar-refractivity contribution in [2.75, 3.05) is 6.54 Å². The maximum atomic E-state index is 12.4. The normalized spacial score (nSPS) is 23.9. The second-order valence-corrected chi connectivity index (χ2v) is 5.97. The molecule has 0 spiro atoms. The number of carbonyl (C=O) groups excluding carboxylic acids is 1. The third kappa shape index (κ3) is 3.35. The molecule has 0 aliphatic carbocycles. The molecular formula is C16H24N2O. The molecule has 1 aromatic carbocycles. The Bertz CT molecular complexity index is 428. The maximum absolute atomic E-state index is 12.4. The lowest BCUT2D eigenvalue weighted by atomic mass is 9.88. The highest BCUT2D eigenvalue weighted by molar-refractivity contribution is 5.80. The van der Waals surface area contributed by atoms with Crippen molar-refractivity contribution in [3.63, 3.8) is 0 Å². The lowest BCUT2D eigenvalue weighted by Gasteiger charge is -2.33. The van der Waals surface area contributed by atoms with Crippen LogP contribution in [0.15, 0.2) is 30.3 Å². The minimum absolute atomic E-state index is 0.0803. The van der Waals surface area contributed by atoms with Gasteiger partial charge in [-0.15, -0.1) is 0 Å². The van der Waals surface area contributed by atoms with Crippen LogP contribution in [-0.2, 0) is 10.3 Å². The van der Waals surface area contributed by atoms with Gasteiger partial charge in [0.05, 0.1) is 11.5 Å². The zero-order valence-corrected chi connectivity index (χ0v) is 12.1. The molecule has 104 valence electrons. The summed E-state index contributed by atoms with van der Waals surface area (Å²) in [5.74, 6) is 0.241. The van der Waals surface area contributed by atoms with Crippen LogP contribution in [0.3, 0.4) is 0 Å². The Labute approximate surface area is 115 Å². The molecule has 2 atom stereocenters. The van der Waals surface area contributed by atoms with Crippen molar-refractivity contribution in [1.29, 1.82) is 0 Å². The standard InChI is InChI=1S/C16H24N2O/c1-12-14(10-7-11-17-12)15(19)18-16(2,3)13-8-5-4-6-9-13/h4-6,8-9,12,14,17H,7,10-11H2,1-3H3,(H,18,19). The van der Waals surface area contributed by atoms with E-state index in [4.69, 9.17) is 0 Å². The topological polar surface area (TPSA) is 41.1 Å². The summed E-state index contributed by atoms with van der Waals surface area (Å²) in [7, 11) is 0.